The van der Waals surface area contributed by atoms with Crippen LogP contribution in [-0.4, -0.2) is 38.8 Å². The van der Waals surface area contributed by atoms with Gasteiger partial charge in [-0.15, -0.1) is 6.54 Å². The van der Waals surface area contributed by atoms with E-state index in [1.54, 1.807) is 4.52 Å². The predicted molar refractivity (Wildman–Crippen MR) is 123 cm³/mol. The van der Waals surface area contributed by atoms with Gasteiger partial charge in [-0.1, -0.05) is 38.5 Å². The molecule has 1 aliphatic rings. The van der Waals surface area contributed by atoms with Crippen LogP contribution in [-0.2, 0) is 6.54 Å². The number of aromatic nitrogens is 4. The number of rotatable bonds is 8. The summed E-state index contributed by atoms with van der Waals surface area (Å²) >= 11 is 0. The zero-order chi connectivity index (χ0) is 21.8. The molecule has 9 heteroatoms. The van der Waals surface area contributed by atoms with Crippen molar-refractivity contribution in [3.8, 4) is 5.75 Å². The van der Waals surface area contributed by atoms with Gasteiger partial charge in [0.15, 0.2) is 11.6 Å². The Hall–Kier alpha value is -3.87. The van der Waals surface area contributed by atoms with E-state index in [9.17, 15) is 0 Å². The number of fused-ring (bicyclic) bond motifs is 1. The van der Waals surface area contributed by atoms with Crippen LogP contribution in [0.25, 0.3) is 5.65 Å². The number of para-hydroxylation sites is 1. The quantitative estimate of drug-likeness (QED) is 0.310. The fraction of sp³-hybridized carbons (Fsp3) is 0.478. The first kappa shape index (κ1) is 22.8. The number of ether oxygens (including phenoxy) is 1. The maximum atomic E-state index is 5.96. The number of hydrogen-bond acceptors (Lipinski definition) is 7. The van der Waals surface area contributed by atoms with Crippen molar-refractivity contribution in [3.63, 3.8) is 0 Å². The average Bonchev–Trinajstić information content (AvgIpc) is 3.18. The van der Waals surface area contributed by atoms with Crippen LogP contribution < -0.4 is 20.7 Å². The molecule has 1 radical (unpaired) electrons. The molecule has 0 bridgehead atoms. The van der Waals surface area contributed by atoms with Gasteiger partial charge in [-0.25, -0.2) is 6.04 Å². The molecule has 0 unspecified atom stereocenters. The Bertz CT molecular complexity index is 1010. The second-order valence-corrected chi connectivity index (χ2v) is 8.50. The van der Waals surface area contributed by atoms with Crippen LogP contribution >= 0.6 is 0 Å². The Balaban J connectivity index is 0.00000289. The Morgan fingerprint density at radius 2 is 2.00 bits per heavy atom. The fourth-order valence-electron chi connectivity index (χ4n) is 3.68. The van der Waals surface area contributed by atoms with E-state index in [0.717, 1.165) is 48.5 Å². The molecule has 3 heterocycles. The second-order valence-electron chi connectivity index (χ2n) is 8.50. The van der Waals surface area contributed by atoms with Crippen LogP contribution in [0.15, 0.2) is 30.5 Å². The van der Waals surface area contributed by atoms with E-state index < -0.39 is 0 Å². The van der Waals surface area contributed by atoms with E-state index in [4.69, 9.17) is 14.7 Å². The van der Waals surface area contributed by atoms with Crippen molar-refractivity contribution in [2.75, 3.05) is 23.7 Å². The molecule has 32 heavy (non-hydrogen) atoms. The van der Waals surface area contributed by atoms with Crippen LogP contribution in [0.1, 0.15) is 57.6 Å². The Kier molecular flexibility index (Phi) is 7.10. The number of benzene rings is 1. The average molecular weight is 685 g/mol. The third-order valence-electron chi connectivity index (χ3n) is 5.25. The Labute approximate surface area is 183 Å². The van der Waals surface area contributed by atoms with E-state index in [0.29, 0.717) is 24.4 Å². The molecule has 0 aliphatic carbocycles. The van der Waals surface area contributed by atoms with Gasteiger partial charge in [0.05, 0.1) is 12.3 Å². The molecule has 1 saturated heterocycles. The minimum Gasteiger partial charge on any atom is -0.500 e. The van der Waals surface area contributed by atoms with Gasteiger partial charge in [0, 0.05) is 17.7 Å². The normalized spacial score (nSPS) is 14.6. The number of nitrogens with zero attached hydrogens (tertiary/aromatic N) is 4. The first-order valence-electron chi connectivity index (χ1n) is 11.1. The molecule has 0 atom stereocenters. The molecule has 1 fully saturated rings. The SMILES string of the molecule is CC(C)Oc1ccccc1CNc1nc(N[C-]2CCCNC2)nc2c(C(C)C)cnn12.[Lr]. The maximum Gasteiger partial charge on any atom is 0.229 e. The summed E-state index contributed by atoms with van der Waals surface area (Å²) in [7, 11) is 0. The molecule has 4 rings (SSSR count). The maximum absolute atomic E-state index is 5.96. The summed E-state index contributed by atoms with van der Waals surface area (Å²) < 4.78 is 7.75. The van der Waals surface area contributed by atoms with Crippen LogP contribution in [0.4, 0.5) is 11.9 Å². The molecule has 8 nitrogen and oxygen atoms in total. The first-order valence-corrected chi connectivity index (χ1v) is 11.1. The van der Waals surface area contributed by atoms with E-state index in [2.05, 4.69) is 41.0 Å². The minimum absolute atomic E-state index is 0. The summed E-state index contributed by atoms with van der Waals surface area (Å²) in [5, 5.41) is 14.8. The zero-order valence-electron chi connectivity index (χ0n) is 19.0. The van der Waals surface area contributed by atoms with Gasteiger partial charge in [-0.3, -0.25) is 0 Å². The summed E-state index contributed by atoms with van der Waals surface area (Å²) in [4.78, 5) is 9.54. The Morgan fingerprint density at radius 1 is 1.19 bits per heavy atom. The smallest absolute Gasteiger partial charge is 0.229 e. The Morgan fingerprint density at radius 3 is 2.72 bits per heavy atom. The number of hydrogen-bond donors (Lipinski definition) is 3. The van der Waals surface area contributed by atoms with Crippen LogP contribution in [0, 0.1) is 6.04 Å². The standard InChI is InChI=1S/C23H32N7O.Lr/c1-15(2)19-14-26-30-21(19)28-22(27-18-9-7-11-24-13-18)29-23(30)25-12-17-8-5-6-10-20(17)31-16(3)4;/h5-6,8,10,14-16,24H,7,9,11-13H2,1-4H3,(H2,25,27,28,29);/q-1;. The molecule has 1 aromatic carbocycles. The second kappa shape index (κ2) is 9.96. The van der Waals surface area contributed by atoms with E-state index in [1.165, 1.54) is 6.04 Å². The van der Waals surface area contributed by atoms with Crippen LogP contribution in [0.5, 0.6) is 5.75 Å². The first-order chi connectivity index (χ1) is 15.0. The monoisotopic (exact) mass is 684 g/mol. The van der Waals surface area contributed by atoms with Gasteiger partial charge in [0.25, 0.3) is 0 Å². The third-order valence-corrected chi connectivity index (χ3v) is 5.25. The van der Waals surface area contributed by atoms with Crippen molar-refractivity contribution >= 4 is 17.5 Å². The molecule has 1 aliphatic heterocycles. The minimum atomic E-state index is 0. The molecule has 0 amide bonds. The number of nitrogens with one attached hydrogen (secondary N) is 3. The summed E-state index contributed by atoms with van der Waals surface area (Å²) in [5.74, 6) is 2.45. The molecular weight excluding hydrogens is 652 g/mol. The van der Waals surface area contributed by atoms with Crippen molar-refractivity contribution < 1.29 is 4.74 Å². The molecule has 3 aromatic rings. The van der Waals surface area contributed by atoms with Gasteiger partial charge in [-0.2, -0.15) is 26.0 Å². The molecular formula is C23H32LrN7O-. The van der Waals surface area contributed by atoms with Crippen LogP contribution in [0.2, 0.25) is 0 Å². The third kappa shape index (κ3) is 5.06. The van der Waals surface area contributed by atoms with E-state index in [1.807, 2.05) is 38.2 Å². The molecule has 2 aromatic heterocycles. The summed E-state index contributed by atoms with van der Waals surface area (Å²) in [6.45, 7) is 10.8. The largest absolute Gasteiger partial charge is 0.500 e. The van der Waals surface area contributed by atoms with Gasteiger partial charge < -0.3 is 20.7 Å². The van der Waals surface area contributed by atoms with Crippen molar-refractivity contribution in [2.24, 2.45) is 0 Å². The number of piperidine rings is 1. The summed E-state index contributed by atoms with van der Waals surface area (Å²) in [6.07, 6.45) is 4.14. The van der Waals surface area contributed by atoms with Crippen molar-refractivity contribution in [2.45, 2.75) is 59.1 Å². The van der Waals surface area contributed by atoms with Gasteiger partial charge in [0.1, 0.15) is 5.75 Å². The van der Waals surface area contributed by atoms with Crippen molar-refractivity contribution in [3.05, 3.63) is 47.6 Å². The van der Waals surface area contributed by atoms with Crippen molar-refractivity contribution in [1.82, 2.24) is 24.9 Å². The summed E-state index contributed by atoms with van der Waals surface area (Å²) in [6, 6.07) is 9.28. The van der Waals surface area contributed by atoms with Crippen LogP contribution in [0.3, 0.4) is 0 Å². The zero-order valence-corrected chi connectivity index (χ0v) is 21.2. The van der Waals surface area contributed by atoms with Crippen molar-refractivity contribution in [1.29, 1.82) is 0 Å². The predicted octanol–water partition coefficient (Wildman–Crippen LogP) is 3.97. The molecule has 0 saturated carbocycles. The van der Waals surface area contributed by atoms with E-state index in [-0.39, 0.29) is 6.10 Å². The molecule has 0 spiro atoms. The fourth-order valence-corrected chi connectivity index (χ4v) is 3.68. The van der Waals surface area contributed by atoms with E-state index >= 15 is 0 Å². The molecule has 181 valence electrons. The van der Waals surface area contributed by atoms with Gasteiger partial charge in [-0.05, 0) is 32.4 Å². The molecule has 3 N–H and O–H groups in total. The topological polar surface area (TPSA) is 88.4 Å². The van der Waals surface area contributed by atoms with Gasteiger partial charge in [0.2, 0.25) is 5.95 Å². The summed E-state index contributed by atoms with van der Waals surface area (Å²) in [5.41, 5.74) is 2.99. The van der Waals surface area contributed by atoms with Gasteiger partial charge >= 0.3 is 0 Å². The number of anilines is 2.